The van der Waals surface area contributed by atoms with Crippen LogP contribution in [0, 0.1) is 0 Å². The molecule has 2 N–H and O–H groups in total. The molecule has 32 heavy (non-hydrogen) atoms. The predicted molar refractivity (Wildman–Crippen MR) is 122 cm³/mol. The van der Waals surface area contributed by atoms with E-state index in [1.54, 1.807) is 12.1 Å². The van der Waals surface area contributed by atoms with Gasteiger partial charge in [-0.1, -0.05) is 48.5 Å². The Kier molecular flexibility index (Phi) is 5.34. The van der Waals surface area contributed by atoms with Crippen LogP contribution in [-0.4, -0.2) is 18.4 Å². The molecule has 0 unspecified atom stereocenters. The Morgan fingerprint density at radius 1 is 1.00 bits per heavy atom. The molecule has 3 aromatic carbocycles. The molecule has 0 saturated carbocycles. The van der Waals surface area contributed by atoms with E-state index in [2.05, 4.69) is 10.6 Å². The number of nitrogens with one attached hydrogen (secondary N) is 2. The number of carbonyl (C=O) groups is 2. The molecule has 6 heteroatoms. The van der Waals surface area contributed by atoms with Crippen LogP contribution >= 0.6 is 0 Å². The van der Waals surface area contributed by atoms with Crippen LogP contribution in [0.4, 0.5) is 5.69 Å². The Morgan fingerprint density at radius 3 is 2.66 bits per heavy atom. The summed E-state index contributed by atoms with van der Waals surface area (Å²) < 4.78 is 11.8. The fourth-order valence-corrected chi connectivity index (χ4v) is 3.91. The summed E-state index contributed by atoms with van der Waals surface area (Å²) in [6.45, 7) is -0.130. The number of ether oxygens (including phenoxy) is 1. The maximum Gasteiger partial charge on any atom is 0.258 e. The van der Waals surface area contributed by atoms with Crippen molar-refractivity contribution in [2.45, 2.75) is 18.9 Å². The smallest absolute Gasteiger partial charge is 0.258 e. The van der Waals surface area contributed by atoms with Gasteiger partial charge in [-0.3, -0.25) is 9.59 Å². The molecule has 0 radical (unpaired) electrons. The molecular weight excluding hydrogens is 404 g/mol. The van der Waals surface area contributed by atoms with E-state index in [1.165, 1.54) is 0 Å². The summed E-state index contributed by atoms with van der Waals surface area (Å²) in [6, 6.07) is 24.4. The zero-order valence-corrected chi connectivity index (χ0v) is 17.3. The SMILES string of the molecule is O=C1CCc2cc(OCC(=O)N[C@H](c3ccccc3)c3cc4ccccc4o3)ccc2N1. The zero-order chi connectivity index (χ0) is 21.9. The number of anilines is 1. The van der Waals surface area contributed by atoms with Crippen LogP contribution in [0.2, 0.25) is 0 Å². The molecule has 1 aromatic heterocycles. The Hall–Kier alpha value is -4.06. The van der Waals surface area contributed by atoms with E-state index >= 15 is 0 Å². The van der Waals surface area contributed by atoms with Gasteiger partial charge >= 0.3 is 0 Å². The van der Waals surface area contributed by atoms with Gasteiger partial charge in [-0.05, 0) is 47.9 Å². The first-order valence-corrected chi connectivity index (χ1v) is 10.5. The van der Waals surface area contributed by atoms with E-state index in [1.807, 2.05) is 66.7 Å². The summed E-state index contributed by atoms with van der Waals surface area (Å²) in [5.74, 6) is 1.01. The minimum absolute atomic E-state index is 0.0167. The van der Waals surface area contributed by atoms with Crippen molar-refractivity contribution in [3.8, 4) is 5.75 Å². The highest BCUT2D eigenvalue weighted by Crippen LogP contribution is 2.29. The number of benzene rings is 3. The second kappa shape index (κ2) is 8.59. The maximum absolute atomic E-state index is 12.8. The molecular formula is C26H22N2O4. The number of hydrogen-bond donors (Lipinski definition) is 2. The maximum atomic E-state index is 12.8. The van der Waals surface area contributed by atoms with Crippen LogP contribution < -0.4 is 15.4 Å². The second-order valence-corrected chi connectivity index (χ2v) is 7.75. The first-order chi connectivity index (χ1) is 15.7. The number of fused-ring (bicyclic) bond motifs is 2. The summed E-state index contributed by atoms with van der Waals surface area (Å²) in [6.07, 6.45) is 1.11. The van der Waals surface area contributed by atoms with Gasteiger partial charge in [-0.25, -0.2) is 0 Å². The van der Waals surface area contributed by atoms with Gasteiger partial charge in [-0.2, -0.15) is 0 Å². The number of furan rings is 1. The molecule has 0 bridgehead atoms. The summed E-state index contributed by atoms with van der Waals surface area (Å²) in [4.78, 5) is 24.3. The van der Waals surface area contributed by atoms with Gasteiger partial charge < -0.3 is 19.8 Å². The number of para-hydroxylation sites is 1. The molecule has 1 aliphatic heterocycles. The van der Waals surface area contributed by atoms with Crippen molar-refractivity contribution in [1.29, 1.82) is 0 Å². The van der Waals surface area contributed by atoms with Crippen molar-refractivity contribution in [3.05, 3.63) is 95.7 Å². The van der Waals surface area contributed by atoms with Gasteiger partial charge in [0.1, 0.15) is 23.1 Å². The van der Waals surface area contributed by atoms with Gasteiger partial charge in [0.05, 0.1) is 0 Å². The third-order valence-corrected chi connectivity index (χ3v) is 5.51. The van der Waals surface area contributed by atoms with E-state index in [-0.39, 0.29) is 18.4 Å². The van der Waals surface area contributed by atoms with Crippen LogP contribution in [0.3, 0.4) is 0 Å². The summed E-state index contributed by atoms with van der Waals surface area (Å²) in [5, 5.41) is 6.86. The first-order valence-electron chi connectivity index (χ1n) is 10.5. The lowest BCUT2D eigenvalue weighted by atomic mass is 10.0. The lowest BCUT2D eigenvalue weighted by molar-refractivity contribution is -0.123. The lowest BCUT2D eigenvalue weighted by Gasteiger charge is -2.19. The normalized spacial score (nSPS) is 13.8. The highest BCUT2D eigenvalue weighted by Gasteiger charge is 2.21. The van der Waals surface area contributed by atoms with Gasteiger partial charge in [0.15, 0.2) is 6.61 Å². The van der Waals surface area contributed by atoms with Crippen LogP contribution in [-0.2, 0) is 16.0 Å². The van der Waals surface area contributed by atoms with Crippen LogP contribution in [0.5, 0.6) is 5.75 Å². The number of rotatable bonds is 6. The van der Waals surface area contributed by atoms with Crippen molar-refractivity contribution in [1.82, 2.24) is 5.32 Å². The molecule has 6 nitrogen and oxygen atoms in total. The van der Waals surface area contributed by atoms with Crippen LogP contribution in [0.1, 0.15) is 29.3 Å². The van der Waals surface area contributed by atoms with Crippen molar-refractivity contribution >= 4 is 28.5 Å². The van der Waals surface area contributed by atoms with E-state index in [4.69, 9.17) is 9.15 Å². The molecule has 5 rings (SSSR count). The molecule has 1 atom stereocenters. The third-order valence-electron chi connectivity index (χ3n) is 5.51. The Bertz CT molecular complexity index is 1250. The highest BCUT2D eigenvalue weighted by atomic mass is 16.5. The number of carbonyl (C=O) groups excluding carboxylic acids is 2. The Labute approximate surface area is 185 Å². The summed E-state index contributed by atoms with van der Waals surface area (Å²) >= 11 is 0. The topological polar surface area (TPSA) is 80.6 Å². The van der Waals surface area contributed by atoms with Gasteiger partial charge in [0.25, 0.3) is 5.91 Å². The molecule has 0 fully saturated rings. The van der Waals surface area contributed by atoms with Crippen LogP contribution in [0.15, 0.2) is 83.3 Å². The third kappa shape index (κ3) is 4.21. The minimum Gasteiger partial charge on any atom is -0.484 e. The number of hydrogen-bond acceptors (Lipinski definition) is 4. The zero-order valence-electron chi connectivity index (χ0n) is 17.3. The first kappa shape index (κ1) is 19.9. The molecule has 4 aromatic rings. The quantitative estimate of drug-likeness (QED) is 0.472. The Balaban J connectivity index is 1.31. The Morgan fingerprint density at radius 2 is 1.81 bits per heavy atom. The van der Waals surface area contributed by atoms with Gasteiger partial charge in [0.2, 0.25) is 5.91 Å². The molecule has 160 valence electrons. The van der Waals surface area contributed by atoms with E-state index in [9.17, 15) is 9.59 Å². The average Bonchev–Trinajstić information content (AvgIpc) is 3.25. The number of aryl methyl sites for hydroxylation is 1. The second-order valence-electron chi connectivity index (χ2n) is 7.75. The minimum atomic E-state index is -0.432. The molecule has 0 aliphatic carbocycles. The van der Waals surface area contributed by atoms with Gasteiger partial charge in [-0.15, -0.1) is 0 Å². The standard InChI is InChI=1S/C26H22N2O4/c29-24-13-10-18-14-20(11-12-21(18)27-24)31-16-25(30)28-26(17-6-2-1-3-7-17)23-15-19-8-4-5-9-22(19)32-23/h1-9,11-12,14-15,26H,10,13,16H2,(H,27,29)(H,28,30)/t26-/m1/s1. The van der Waals surface area contributed by atoms with E-state index < -0.39 is 6.04 Å². The predicted octanol–water partition coefficient (Wildman–Crippen LogP) is 4.60. The molecule has 0 spiro atoms. The van der Waals surface area contributed by atoms with E-state index in [0.717, 1.165) is 27.8 Å². The highest BCUT2D eigenvalue weighted by molar-refractivity contribution is 5.94. The molecule has 2 amide bonds. The molecule has 1 aliphatic rings. The van der Waals surface area contributed by atoms with Gasteiger partial charge in [0, 0.05) is 17.5 Å². The lowest BCUT2D eigenvalue weighted by Crippen LogP contribution is -2.33. The number of amides is 2. The molecule has 0 saturated heterocycles. The summed E-state index contributed by atoms with van der Waals surface area (Å²) in [7, 11) is 0. The fraction of sp³-hybridized carbons (Fsp3) is 0.154. The summed E-state index contributed by atoms with van der Waals surface area (Å²) in [5.41, 5.74) is 3.50. The fourth-order valence-electron chi connectivity index (χ4n) is 3.91. The molecule has 2 heterocycles. The van der Waals surface area contributed by atoms with Crippen molar-refractivity contribution in [2.75, 3.05) is 11.9 Å². The van der Waals surface area contributed by atoms with Crippen LogP contribution in [0.25, 0.3) is 11.0 Å². The van der Waals surface area contributed by atoms with Crippen molar-refractivity contribution in [3.63, 3.8) is 0 Å². The average molecular weight is 426 g/mol. The monoisotopic (exact) mass is 426 g/mol. The van der Waals surface area contributed by atoms with Crippen molar-refractivity contribution in [2.24, 2.45) is 0 Å². The van der Waals surface area contributed by atoms with E-state index in [0.29, 0.717) is 24.4 Å². The largest absolute Gasteiger partial charge is 0.484 e. The van der Waals surface area contributed by atoms with Crippen molar-refractivity contribution < 1.29 is 18.7 Å².